The van der Waals surface area contributed by atoms with Crippen LogP contribution in [0.25, 0.3) is 11.5 Å². The van der Waals surface area contributed by atoms with Crippen LogP contribution in [0.2, 0.25) is 5.02 Å². The third-order valence-corrected chi connectivity index (χ3v) is 6.92. The number of hydrogen-bond donors (Lipinski definition) is 1. The Morgan fingerprint density at radius 3 is 2.61 bits per heavy atom. The molecule has 0 unspecified atom stereocenters. The molecule has 3 aliphatic rings. The predicted molar refractivity (Wildman–Crippen MR) is 115 cm³/mol. The number of nitrogens with one attached hydrogen (secondary N) is 1. The zero-order valence-electron chi connectivity index (χ0n) is 17.3. The summed E-state index contributed by atoms with van der Waals surface area (Å²) >= 11 is 5.95. The van der Waals surface area contributed by atoms with E-state index in [2.05, 4.69) is 20.4 Å². The number of carbonyl (C=O) groups excluding carboxylic acids is 2. The summed E-state index contributed by atoms with van der Waals surface area (Å²) in [6, 6.07) is 7.56. The minimum Gasteiger partial charge on any atom is -0.420 e. The number of rotatable bonds is 4. The van der Waals surface area contributed by atoms with Crippen LogP contribution in [0.15, 0.2) is 28.7 Å². The lowest BCUT2D eigenvalue weighted by Crippen LogP contribution is -2.43. The number of piperidine rings is 1. The van der Waals surface area contributed by atoms with Crippen LogP contribution < -0.4 is 5.32 Å². The standard InChI is InChI=1S/C22H26ClN5O3/c23-16-3-1-14(2-4-16)20-25-26-21(31-20)15-5-8-27(9-6-15)17-11-19(24-12-17)22(30)28-10-7-18(29)13-28/h1-4,15,17,19,24H,5-13H2/t17-,19-/m0/s1. The fourth-order valence-corrected chi connectivity index (χ4v) is 4.97. The van der Waals surface area contributed by atoms with Crippen molar-refractivity contribution in [3.8, 4) is 11.5 Å². The number of amides is 1. The minimum absolute atomic E-state index is 0.0730. The first-order valence-corrected chi connectivity index (χ1v) is 11.3. The molecule has 2 atom stereocenters. The molecule has 4 heterocycles. The Morgan fingerprint density at radius 2 is 1.90 bits per heavy atom. The molecular weight excluding hydrogens is 418 g/mol. The van der Waals surface area contributed by atoms with Crippen molar-refractivity contribution in [3.63, 3.8) is 0 Å². The summed E-state index contributed by atoms with van der Waals surface area (Å²) in [4.78, 5) is 28.3. The minimum atomic E-state index is -0.175. The summed E-state index contributed by atoms with van der Waals surface area (Å²) in [5, 5.41) is 12.5. The molecule has 0 bridgehead atoms. The van der Waals surface area contributed by atoms with Crippen molar-refractivity contribution in [2.45, 2.75) is 43.7 Å². The molecule has 1 N–H and O–H groups in total. The van der Waals surface area contributed by atoms with E-state index in [1.807, 2.05) is 24.3 Å². The number of ketones is 1. The van der Waals surface area contributed by atoms with E-state index in [0.717, 1.165) is 44.5 Å². The van der Waals surface area contributed by atoms with Crippen LogP contribution in [-0.2, 0) is 9.59 Å². The van der Waals surface area contributed by atoms with Gasteiger partial charge in [0.25, 0.3) is 0 Å². The smallest absolute Gasteiger partial charge is 0.247 e. The molecule has 8 nitrogen and oxygen atoms in total. The first kappa shape index (κ1) is 20.6. The zero-order chi connectivity index (χ0) is 21.4. The summed E-state index contributed by atoms with van der Waals surface area (Å²) in [5.41, 5.74) is 0.869. The Kier molecular flexibility index (Phi) is 5.77. The second-order valence-electron chi connectivity index (χ2n) is 8.66. The van der Waals surface area contributed by atoms with E-state index in [0.29, 0.717) is 35.8 Å². The Balaban J connectivity index is 1.14. The summed E-state index contributed by atoms with van der Waals surface area (Å²) in [7, 11) is 0. The molecule has 0 aliphatic carbocycles. The van der Waals surface area contributed by atoms with Gasteiger partial charge in [-0.05, 0) is 56.6 Å². The molecule has 3 aliphatic heterocycles. The highest BCUT2D eigenvalue weighted by Crippen LogP contribution is 2.31. The SMILES string of the molecule is O=C1CCN(C(=O)[C@@H]2C[C@H](N3CCC(c4nnc(-c5ccc(Cl)cc5)o4)CC3)CN2)C1. The molecule has 2 aromatic rings. The average molecular weight is 444 g/mol. The molecule has 164 valence electrons. The van der Waals surface area contributed by atoms with Gasteiger partial charge in [0.05, 0.1) is 12.6 Å². The molecule has 3 saturated heterocycles. The van der Waals surface area contributed by atoms with Crippen LogP contribution in [0.4, 0.5) is 0 Å². The van der Waals surface area contributed by atoms with Crippen molar-refractivity contribution in [1.29, 1.82) is 0 Å². The molecule has 1 amide bonds. The van der Waals surface area contributed by atoms with E-state index in [9.17, 15) is 9.59 Å². The van der Waals surface area contributed by atoms with Gasteiger partial charge in [-0.15, -0.1) is 10.2 Å². The summed E-state index contributed by atoms with van der Waals surface area (Å²) in [6.07, 6.45) is 3.20. The number of likely N-dealkylation sites (tertiary alicyclic amines) is 2. The maximum Gasteiger partial charge on any atom is 0.247 e. The van der Waals surface area contributed by atoms with E-state index in [1.54, 1.807) is 4.90 Å². The number of nitrogens with zero attached hydrogens (tertiary/aromatic N) is 4. The highest BCUT2D eigenvalue weighted by molar-refractivity contribution is 6.30. The van der Waals surface area contributed by atoms with Gasteiger partial charge in [-0.3, -0.25) is 14.5 Å². The third-order valence-electron chi connectivity index (χ3n) is 6.67. The summed E-state index contributed by atoms with van der Waals surface area (Å²) in [6.45, 7) is 3.53. The van der Waals surface area contributed by atoms with Crippen LogP contribution in [0.1, 0.15) is 37.5 Å². The predicted octanol–water partition coefficient (Wildman–Crippen LogP) is 2.10. The lowest BCUT2D eigenvalue weighted by atomic mass is 9.95. The van der Waals surface area contributed by atoms with Crippen molar-refractivity contribution in [1.82, 2.24) is 25.3 Å². The number of aromatic nitrogens is 2. The lowest BCUT2D eigenvalue weighted by molar-refractivity contribution is -0.133. The maximum absolute atomic E-state index is 12.7. The average Bonchev–Trinajstić information content (AvgIpc) is 3.55. The third kappa shape index (κ3) is 4.37. The van der Waals surface area contributed by atoms with Crippen LogP contribution >= 0.6 is 11.6 Å². The molecule has 9 heteroatoms. The van der Waals surface area contributed by atoms with E-state index in [4.69, 9.17) is 16.0 Å². The van der Waals surface area contributed by atoms with Gasteiger partial charge in [0.1, 0.15) is 0 Å². The molecule has 0 spiro atoms. The highest BCUT2D eigenvalue weighted by atomic mass is 35.5. The van der Waals surface area contributed by atoms with Crippen LogP contribution in [0.5, 0.6) is 0 Å². The molecule has 31 heavy (non-hydrogen) atoms. The largest absolute Gasteiger partial charge is 0.420 e. The molecule has 5 rings (SSSR count). The molecule has 0 saturated carbocycles. The van der Waals surface area contributed by atoms with Crippen molar-refractivity contribution < 1.29 is 14.0 Å². The molecule has 1 aromatic heterocycles. The van der Waals surface area contributed by atoms with E-state index in [-0.39, 0.29) is 30.2 Å². The first-order valence-electron chi connectivity index (χ1n) is 10.9. The van der Waals surface area contributed by atoms with E-state index in [1.165, 1.54) is 0 Å². The monoisotopic (exact) mass is 443 g/mol. The zero-order valence-corrected chi connectivity index (χ0v) is 18.1. The van der Waals surface area contributed by atoms with Crippen molar-refractivity contribution in [2.24, 2.45) is 0 Å². The maximum atomic E-state index is 12.7. The summed E-state index contributed by atoms with van der Waals surface area (Å²) in [5.74, 6) is 1.71. The number of hydrogen-bond acceptors (Lipinski definition) is 7. The van der Waals surface area contributed by atoms with Gasteiger partial charge >= 0.3 is 0 Å². The molecular formula is C22H26ClN5O3. The Morgan fingerprint density at radius 1 is 1.13 bits per heavy atom. The van der Waals surface area contributed by atoms with Crippen molar-refractivity contribution in [3.05, 3.63) is 35.2 Å². The van der Waals surface area contributed by atoms with Gasteiger partial charge in [0.2, 0.25) is 17.7 Å². The van der Waals surface area contributed by atoms with E-state index >= 15 is 0 Å². The number of halogens is 1. The van der Waals surface area contributed by atoms with Gasteiger partial charge in [-0.25, -0.2) is 0 Å². The second-order valence-corrected chi connectivity index (χ2v) is 9.10. The number of carbonyl (C=O) groups is 2. The quantitative estimate of drug-likeness (QED) is 0.773. The Hall–Kier alpha value is -2.29. The van der Waals surface area contributed by atoms with Gasteiger partial charge in [-0.2, -0.15) is 0 Å². The number of Topliss-reactive ketones (excluding diaryl/α,β-unsaturated/α-hetero) is 1. The van der Waals surface area contributed by atoms with Gasteiger partial charge in [-0.1, -0.05) is 11.6 Å². The Labute approximate surface area is 185 Å². The van der Waals surface area contributed by atoms with Crippen LogP contribution in [0.3, 0.4) is 0 Å². The van der Waals surface area contributed by atoms with Gasteiger partial charge in [0.15, 0.2) is 5.78 Å². The molecule has 0 radical (unpaired) electrons. The van der Waals surface area contributed by atoms with Crippen molar-refractivity contribution >= 4 is 23.3 Å². The van der Waals surface area contributed by atoms with Crippen LogP contribution in [-0.4, -0.2) is 76.5 Å². The Bertz CT molecular complexity index is 954. The molecule has 3 fully saturated rings. The number of benzene rings is 1. The lowest BCUT2D eigenvalue weighted by Gasteiger charge is -2.34. The van der Waals surface area contributed by atoms with Crippen molar-refractivity contribution in [2.75, 3.05) is 32.7 Å². The summed E-state index contributed by atoms with van der Waals surface area (Å²) < 4.78 is 5.95. The van der Waals surface area contributed by atoms with Gasteiger partial charge < -0.3 is 14.6 Å². The topological polar surface area (TPSA) is 91.6 Å². The fraction of sp³-hybridized carbons (Fsp3) is 0.545. The molecule has 1 aromatic carbocycles. The van der Waals surface area contributed by atoms with E-state index < -0.39 is 0 Å². The second kappa shape index (κ2) is 8.68. The first-order chi connectivity index (χ1) is 15.1. The highest BCUT2D eigenvalue weighted by Gasteiger charge is 2.38. The fourth-order valence-electron chi connectivity index (χ4n) is 4.84. The van der Waals surface area contributed by atoms with Crippen LogP contribution in [0, 0.1) is 0 Å². The normalized spacial score (nSPS) is 25.5. The van der Waals surface area contributed by atoms with Gasteiger partial charge in [0, 0.05) is 42.1 Å².